The molecule has 7 nitrogen and oxygen atoms in total. The van der Waals surface area contributed by atoms with Gasteiger partial charge in [-0.25, -0.2) is 4.98 Å². The molecule has 0 saturated carbocycles. The van der Waals surface area contributed by atoms with Crippen molar-refractivity contribution in [2.45, 2.75) is 19.8 Å². The van der Waals surface area contributed by atoms with Crippen molar-refractivity contribution in [1.29, 1.82) is 0 Å². The number of nitrogens with one attached hydrogen (secondary N) is 1. The molecule has 0 bridgehead atoms. The second-order valence-electron chi connectivity index (χ2n) is 4.01. The fraction of sp³-hybridized carbons (Fsp3) is 0.417. The summed E-state index contributed by atoms with van der Waals surface area (Å²) < 4.78 is 10.5. The Bertz CT molecular complexity index is 547. The largest absolute Gasteiger partial charge is 0.437 e. The molecule has 0 aliphatic rings. The molecule has 2 rings (SSSR count). The SMILES string of the molecule is CCCNCCc1ncc(-c2ccc([N+](=O)[O-])o2)o1. The monoisotopic (exact) mass is 265 g/mol. The molecule has 0 amide bonds. The molecule has 0 atom stereocenters. The topological polar surface area (TPSA) is 94.3 Å². The molecule has 0 radical (unpaired) electrons. The first kappa shape index (κ1) is 13.3. The minimum Gasteiger partial charge on any atom is -0.437 e. The van der Waals surface area contributed by atoms with Gasteiger partial charge in [0.1, 0.15) is 4.92 Å². The summed E-state index contributed by atoms with van der Waals surface area (Å²) >= 11 is 0. The third-order valence-electron chi connectivity index (χ3n) is 2.51. The molecule has 0 saturated heterocycles. The average molecular weight is 265 g/mol. The van der Waals surface area contributed by atoms with E-state index >= 15 is 0 Å². The number of furan rings is 1. The Morgan fingerprint density at radius 1 is 1.32 bits per heavy atom. The van der Waals surface area contributed by atoms with Crippen LogP contribution in [0.4, 0.5) is 5.88 Å². The van der Waals surface area contributed by atoms with Gasteiger partial charge in [-0.3, -0.25) is 10.1 Å². The fourth-order valence-corrected chi connectivity index (χ4v) is 1.60. The second-order valence-corrected chi connectivity index (χ2v) is 4.01. The lowest BCUT2D eigenvalue weighted by Gasteiger charge is -1.98. The van der Waals surface area contributed by atoms with Gasteiger partial charge in [-0.2, -0.15) is 0 Å². The van der Waals surface area contributed by atoms with Crippen LogP contribution < -0.4 is 5.32 Å². The van der Waals surface area contributed by atoms with Gasteiger partial charge in [-0.1, -0.05) is 6.92 Å². The van der Waals surface area contributed by atoms with Gasteiger partial charge in [-0.15, -0.1) is 0 Å². The molecule has 2 heterocycles. The molecule has 2 aromatic heterocycles. The van der Waals surface area contributed by atoms with Crippen molar-refractivity contribution >= 4 is 5.88 Å². The Morgan fingerprint density at radius 3 is 2.84 bits per heavy atom. The van der Waals surface area contributed by atoms with Crippen LogP contribution in [0.2, 0.25) is 0 Å². The van der Waals surface area contributed by atoms with Crippen LogP contribution >= 0.6 is 0 Å². The first-order chi connectivity index (χ1) is 9.20. The van der Waals surface area contributed by atoms with Crippen molar-refractivity contribution in [3.05, 3.63) is 34.3 Å². The van der Waals surface area contributed by atoms with Gasteiger partial charge in [-0.05, 0) is 19.0 Å². The lowest BCUT2D eigenvalue weighted by Crippen LogP contribution is -2.17. The van der Waals surface area contributed by atoms with Crippen molar-refractivity contribution < 1.29 is 13.8 Å². The fourth-order valence-electron chi connectivity index (χ4n) is 1.60. The maximum Gasteiger partial charge on any atom is 0.433 e. The molecule has 1 N–H and O–H groups in total. The number of nitrogens with zero attached hydrogens (tertiary/aromatic N) is 2. The van der Waals surface area contributed by atoms with Crippen LogP contribution in [0.5, 0.6) is 0 Å². The zero-order valence-electron chi connectivity index (χ0n) is 10.6. The maximum absolute atomic E-state index is 10.5. The molecule has 102 valence electrons. The minimum absolute atomic E-state index is 0.308. The number of oxazole rings is 1. The molecule has 0 aliphatic heterocycles. The summed E-state index contributed by atoms with van der Waals surface area (Å²) in [4.78, 5) is 14.0. The van der Waals surface area contributed by atoms with Gasteiger partial charge in [0, 0.05) is 13.0 Å². The van der Waals surface area contributed by atoms with Gasteiger partial charge in [0.05, 0.1) is 12.3 Å². The standard InChI is InChI=1S/C12H15N3O4/c1-2-6-13-7-5-11-14-8-10(18-11)9-3-4-12(19-9)15(16)17/h3-4,8,13H,2,5-7H2,1H3. The van der Waals surface area contributed by atoms with E-state index < -0.39 is 4.92 Å². The molecule has 0 aromatic carbocycles. The Balaban J connectivity index is 1.97. The van der Waals surface area contributed by atoms with Crippen molar-refractivity contribution in [2.75, 3.05) is 13.1 Å². The Morgan fingerprint density at radius 2 is 2.16 bits per heavy atom. The predicted octanol–water partition coefficient (Wildman–Crippen LogP) is 2.38. The van der Waals surface area contributed by atoms with E-state index in [0.717, 1.165) is 19.5 Å². The van der Waals surface area contributed by atoms with E-state index in [2.05, 4.69) is 17.2 Å². The molecule has 0 fully saturated rings. The predicted molar refractivity (Wildman–Crippen MR) is 67.7 cm³/mol. The number of nitro groups is 1. The van der Waals surface area contributed by atoms with Crippen LogP contribution in [0, 0.1) is 10.1 Å². The summed E-state index contributed by atoms with van der Waals surface area (Å²) in [7, 11) is 0. The third-order valence-corrected chi connectivity index (χ3v) is 2.51. The zero-order valence-corrected chi connectivity index (χ0v) is 10.6. The summed E-state index contributed by atoms with van der Waals surface area (Å²) in [5.41, 5.74) is 0. The highest BCUT2D eigenvalue weighted by Gasteiger charge is 2.16. The van der Waals surface area contributed by atoms with Crippen LogP contribution in [0.25, 0.3) is 11.5 Å². The first-order valence-corrected chi connectivity index (χ1v) is 6.10. The lowest BCUT2D eigenvalue weighted by atomic mass is 10.4. The summed E-state index contributed by atoms with van der Waals surface area (Å²) in [6.45, 7) is 3.84. The van der Waals surface area contributed by atoms with E-state index in [-0.39, 0.29) is 5.88 Å². The molecule has 7 heteroatoms. The lowest BCUT2D eigenvalue weighted by molar-refractivity contribution is -0.401. The highest BCUT2D eigenvalue weighted by Crippen LogP contribution is 2.26. The second kappa shape index (κ2) is 6.14. The van der Waals surface area contributed by atoms with Crippen LogP contribution in [0.1, 0.15) is 19.2 Å². The molecule has 0 unspecified atom stereocenters. The summed E-state index contributed by atoms with van der Waals surface area (Å²) in [6, 6.07) is 2.79. The van der Waals surface area contributed by atoms with E-state index in [1.54, 1.807) is 0 Å². The van der Waals surface area contributed by atoms with Crippen molar-refractivity contribution in [1.82, 2.24) is 10.3 Å². The van der Waals surface area contributed by atoms with Gasteiger partial charge < -0.3 is 14.2 Å². The van der Waals surface area contributed by atoms with E-state index in [9.17, 15) is 10.1 Å². The third kappa shape index (κ3) is 3.41. The van der Waals surface area contributed by atoms with Gasteiger partial charge in [0.15, 0.2) is 17.4 Å². The van der Waals surface area contributed by atoms with Gasteiger partial charge >= 0.3 is 5.88 Å². The van der Waals surface area contributed by atoms with Crippen LogP contribution in [0.15, 0.2) is 27.2 Å². The number of aromatic nitrogens is 1. The van der Waals surface area contributed by atoms with E-state index in [0.29, 0.717) is 23.8 Å². The van der Waals surface area contributed by atoms with Gasteiger partial charge in [0.2, 0.25) is 0 Å². The molecular formula is C12H15N3O4. The van der Waals surface area contributed by atoms with Crippen LogP contribution in [-0.4, -0.2) is 23.0 Å². The molecule has 2 aromatic rings. The maximum atomic E-state index is 10.5. The van der Waals surface area contributed by atoms with Crippen molar-refractivity contribution in [3.63, 3.8) is 0 Å². The number of hydrogen-bond acceptors (Lipinski definition) is 6. The average Bonchev–Trinajstić information content (AvgIpc) is 3.03. The molecule has 0 aliphatic carbocycles. The Hall–Kier alpha value is -2.15. The summed E-state index contributed by atoms with van der Waals surface area (Å²) in [5, 5.41) is 13.7. The Labute approximate surface area is 109 Å². The van der Waals surface area contributed by atoms with Gasteiger partial charge in [0.25, 0.3) is 0 Å². The zero-order chi connectivity index (χ0) is 13.7. The normalized spacial score (nSPS) is 10.8. The summed E-state index contributed by atoms with van der Waals surface area (Å²) in [5.74, 6) is 0.987. The van der Waals surface area contributed by atoms with E-state index in [1.807, 2.05) is 0 Å². The number of hydrogen-bond donors (Lipinski definition) is 1. The molecular weight excluding hydrogens is 250 g/mol. The van der Waals surface area contributed by atoms with Crippen molar-refractivity contribution in [3.8, 4) is 11.5 Å². The van der Waals surface area contributed by atoms with E-state index in [1.165, 1.54) is 18.3 Å². The quantitative estimate of drug-likeness (QED) is 0.469. The van der Waals surface area contributed by atoms with E-state index in [4.69, 9.17) is 8.83 Å². The van der Waals surface area contributed by atoms with Crippen LogP contribution in [0.3, 0.4) is 0 Å². The smallest absolute Gasteiger partial charge is 0.433 e. The summed E-state index contributed by atoms with van der Waals surface area (Å²) in [6.07, 6.45) is 3.26. The van der Waals surface area contributed by atoms with Crippen molar-refractivity contribution in [2.24, 2.45) is 0 Å². The van der Waals surface area contributed by atoms with Crippen LogP contribution in [-0.2, 0) is 6.42 Å². The Kier molecular flexibility index (Phi) is 4.30. The number of rotatable bonds is 7. The minimum atomic E-state index is -0.588. The highest BCUT2D eigenvalue weighted by atomic mass is 16.6. The molecule has 19 heavy (non-hydrogen) atoms. The molecule has 0 spiro atoms. The first-order valence-electron chi connectivity index (χ1n) is 6.10. The highest BCUT2D eigenvalue weighted by molar-refractivity contribution is 5.50.